The van der Waals surface area contributed by atoms with E-state index < -0.39 is 5.97 Å². The highest BCUT2D eigenvalue weighted by Crippen LogP contribution is 2.10. The van der Waals surface area contributed by atoms with Gasteiger partial charge in [-0.15, -0.1) is 0 Å². The second kappa shape index (κ2) is 8.02. The van der Waals surface area contributed by atoms with Gasteiger partial charge in [-0.1, -0.05) is 0 Å². The van der Waals surface area contributed by atoms with Crippen LogP contribution in [0, 0.1) is 0 Å². The molecule has 0 bridgehead atoms. The Labute approximate surface area is 106 Å². The summed E-state index contributed by atoms with van der Waals surface area (Å²) in [6.45, 7) is 2.59. The Bertz CT molecular complexity index is 285. The standard InChI is InChI=1S/C11H20N2O5/c1-17-4-2-12-10(14)7-13-3-5-18-8-9(13)6-11(15)16/h9H,2-8H2,1H3,(H,12,14)(H,15,16). The first-order valence-electron chi connectivity index (χ1n) is 5.92. The van der Waals surface area contributed by atoms with Crippen molar-refractivity contribution in [1.82, 2.24) is 10.2 Å². The summed E-state index contributed by atoms with van der Waals surface area (Å²) in [5.41, 5.74) is 0. The molecule has 7 nitrogen and oxygen atoms in total. The Kier molecular flexibility index (Phi) is 6.63. The predicted octanol–water partition coefficient (Wildman–Crippen LogP) is -1.08. The lowest BCUT2D eigenvalue weighted by molar-refractivity contribution is -0.141. The molecule has 1 fully saturated rings. The van der Waals surface area contributed by atoms with Crippen LogP contribution in [0.25, 0.3) is 0 Å². The number of nitrogens with one attached hydrogen (secondary N) is 1. The van der Waals surface area contributed by atoms with E-state index >= 15 is 0 Å². The Balaban J connectivity index is 2.36. The molecule has 7 heteroatoms. The third kappa shape index (κ3) is 5.44. The molecule has 1 aliphatic rings. The molecule has 1 heterocycles. The SMILES string of the molecule is COCCNC(=O)CN1CCOCC1CC(=O)O. The molecule has 0 aromatic rings. The molecule has 2 N–H and O–H groups in total. The molecule has 18 heavy (non-hydrogen) atoms. The number of nitrogens with zero attached hydrogens (tertiary/aromatic N) is 1. The molecular formula is C11H20N2O5. The highest BCUT2D eigenvalue weighted by Gasteiger charge is 2.26. The van der Waals surface area contributed by atoms with E-state index in [-0.39, 0.29) is 24.9 Å². The topological polar surface area (TPSA) is 88.1 Å². The quantitative estimate of drug-likeness (QED) is 0.566. The first-order chi connectivity index (χ1) is 8.63. The molecule has 1 amide bonds. The third-order valence-corrected chi connectivity index (χ3v) is 2.73. The van der Waals surface area contributed by atoms with Crippen LogP contribution in [-0.4, -0.2) is 74.5 Å². The van der Waals surface area contributed by atoms with Crippen molar-refractivity contribution in [2.75, 3.05) is 46.6 Å². The number of amides is 1. The van der Waals surface area contributed by atoms with E-state index in [9.17, 15) is 9.59 Å². The van der Waals surface area contributed by atoms with E-state index in [1.54, 1.807) is 7.11 Å². The first kappa shape index (κ1) is 14.9. The minimum atomic E-state index is -0.879. The van der Waals surface area contributed by atoms with Crippen LogP contribution in [-0.2, 0) is 19.1 Å². The summed E-state index contributed by atoms with van der Waals surface area (Å²) in [6, 6.07) is -0.232. The van der Waals surface area contributed by atoms with Crippen LogP contribution in [0.3, 0.4) is 0 Å². The Morgan fingerprint density at radius 1 is 1.56 bits per heavy atom. The van der Waals surface area contributed by atoms with Crippen molar-refractivity contribution in [1.29, 1.82) is 0 Å². The average molecular weight is 260 g/mol. The van der Waals surface area contributed by atoms with Crippen LogP contribution < -0.4 is 5.32 Å². The van der Waals surface area contributed by atoms with E-state index in [0.717, 1.165) is 0 Å². The highest BCUT2D eigenvalue weighted by atomic mass is 16.5. The normalized spacial score (nSPS) is 20.6. The zero-order valence-corrected chi connectivity index (χ0v) is 10.6. The number of carboxylic acid groups (broad SMARTS) is 1. The van der Waals surface area contributed by atoms with Crippen LogP contribution >= 0.6 is 0 Å². The molecule has 1 unspecified atom stereocenters. The summed E-state index contributed by atoms with van der Waals surface area (Å²) in [5, 5.41) is 11.5. The molecule has 1 atom stereocenters. The van der Waals surface area contributed by atoms with Gasteiger partial charge in [-0.05, 0) is 0 Å². The molecule has 0 aromatic carbocycles. The monoisotopic (exact) mass is 260 g/mol. The van der Waals surface area contributed by atoms with Crippen LogP contribution in [0.1, 0.15) is 6.42 Å². The number of ether oxygens (including phenoxy) is 2. The lowest BCUT2D eigenvalue weighted by atomic mass is 10.1. The van der Waals surface area contributed by atoms with Gasteiger partial charge in [0.2, 0.25) is 5.91 Å². The maximum absolute atomic E-state index is 11.6. The van der Waals surface area contributed by atoms with Crippen LogP contribution in [0.5, 0.6) is 0 Å². The van der Waals surface area contributed by atoms with Gasteiger partial charge in [-0.3, -0.25) is 14.5 Å². The molecule has 1 aliphatic heterocycles. The maximum Gasteiger partial charge on any atom is 0.305 e. The Morgan fingerprint density at radius 3 is 3.00 bits per heavy atom. The average Bonchev–Trinajstić information content (AvgIpc) is 2.31. The second-order valence-electron chi connectivity index (χ2n) is 4.14. The summed E-state index contributed by atoms with van der Waals surface area (Å²) in [7, 11) is 1.57. The van der Waals surface area contributed by atoms with Gasteiger partial charge in [-0.25, -0.2) is 0 Å². The summed E-state index contributed by atoms with van der Waals surface area (Å²) in [5.74, 6) is -1.00. The van der Waals surface area contributed by atoms with E-state index in [2.05, 4.69) is 5.32 Å². The highest BCUT2D eigenvalue weighted by molar-refractivity contribution is 5.78. The zero-order valence-electron chi connectivity index (χ0n) is 10.6. The van der Waals surface area contributed by atoms with Gasteiger partial charge in [0, 0.05) is 26.2 Å². The molecule has 0 aliphatic carbocycles. The van der Waals surface area contributed by atoms with E-state index in [4.69, 9.17) is 14.6 Å². The molecule has 1 saturated heterocycles. The number of hydrogen-bond donors (Lipinski definition) is 2. The largest absolute Gasteiger partial charge is 0.481 e. The summed E-state index contributed by atoms with van der Waals surface area (Å²) in [4.78, 5) is 24.2. The first-order valence-corrected chi connectivity index (χ1v) is 5.92. The molecular weight excluding hydrogens is 240 g/mol. The van der Waals surface area contributed by atoms with Gasteiger partial charge in [0.15, 0.2) is 0 Å². The molecule has 0 aromatic heterocycles. The van der Waals surface area contributed by atoms with Crippen molar-refractivity contribution in [3.05, 3.63) is 0 Å². The summed E-state index contributed by atoms with van der Waals surface area (Å²) >= 11 is 0. The molecule has 1 rings (SSSR count). The van der Waals surface area contributed by atoms with Gasteiger partial charge in [-0.2, -0.15) is 0 Å². The zero-order chi connectivity index (χ0) is 13.4. The Morgan fingerprint density at radius 2 is 2.33 bits per heavy atom. The Hall–Kier alpha value is -1.18. The van der Waals surface area contributed by atoms with Crippen molar-refractivity contribution in [3.63, 3.8) is 0 Å². The van der Waals surface area contributed by atoms with E-state index in [1.807, 2.05) is 4.90 Å². The molecule has 0 saturated carbocycles. The van der Waals surface area contributed by atoms with Crippen molar-refractivity contribution >= 4 is 11.9 Å². The van der Waals surface area contributed by atoms with Gasteiger partial charge >= 0.3 is 5.97 Å². The van der Waals surface area contributed by atoms with Crippen molar-refractivity contribution in [2.24, 2.45) is 0 Å². The predicted molar refractivity (Wildman–Crippen MR) is 63.3 cm³/mol. The van der Waals surface area contributed by atoms with E-state index in [0.29, 0.717) is 32.9 Å². The van der Waals surface area contributed by atoms with Crippen LogP contribution in [0.4, 0.5) is 0 Å². The maximum atomic E-state index is 11.6. The fourth-order valence-electron chi connectivity index (χ4n) is 1.82. The third-order valence-electron chi connectivity index (χ3n) is 2.73. The van der Waals surface area contributed by atoms with Crippen molar-refractivity contribution < 1.29 is 24.2 Å². The fourth-order valence-corrected chi connectivity index (χ4v) is 1.82. The number of carboxylic acids is 1. The molecule has 104 valence electrons. The molecule has 0 radical (unpaired) electrons. The smallest absolute Gasteiger partial charge is 0.305 e. The number of morpholine rings is 1. The lowest BCUT2D eigenvalue weighted by Gasteiger charge is -2.34. The van der Waals surface area contributed by atoms with Crippen LogP contribution in [0.15, 0.2) is 0 Å². The number of carbonyl (C=O) groups excluding carboxylic acids is 1. The van der Waals surface area contributed by atoms with Gasteiger partial charge in [0.25, 0.3) is 0 Å². The van der Waals surface area contributed by atoms with Crippen molar-refractivity contribution in [3.8, 4) is 0 Å². The number of hydrogen-bond acceptors (Lipinski definition) is 5. The number of methoxy groups -OCH3 is 1. The number of rotatable bonds is 7. The number of carbonyl (C=O) groups is 2. The van der Waals surface area contributed by atoms with Gasteiger partial charge < -0.3 is 19.9 Å². The lowest BCUT2D eigenvalue weighted by Crippen LogP contribution is -2.50. The van der Waals surface area contributed by atoms with Crippen molar-refractivity contribution in [2.45, 2.75) is 12.5 Å². The minimum Gasteiger partial charge on any atom is -0.481 e. The van der Waals surface area contributed by atoms with E-state index in [1.165, 1.54) is 0 Å². The second-order valence-corrected chi connectivity index (χ2v) is 4.14. The number of aliphatic carboxylic acids is 1. The van der Waals surface area contributed by atoms with Crippen LogP contribution in [0.2, 0.25) is 0 Å². The molecule has 0 spiro atoms. The summed E-state index contributed by atoms with van der Waals surface area (Å²) in [6.07, 6.45) is -0.00858. The minimum absolute atomic E-state index is 0.00858. The summed E-state index contributed by atoms with van der Waals surface area (Å²) < 4.78 is 10.1. The van der Waals surface area contributed by atoms with Gasteiger partial charge in [0.1, 0.15) is 0 Å². The fraction of sp³-hybridized carbons (Fsp3) is 0.818. The van der Waals surface area contributed by atoms with Gasteiger partial charge in [0.05, 0.1) is 32.8 Å².